The largest absolute Gasteiger partial charge is 0.364 e. The van der Waals surface area contributed by atoms with Crippen molar-refractivity contribution in [1.82, 2.24) is 25.2 Å². The Hall–Kier alpha value is -2.74. The van der Waals surface area contributed by atoms with E-state index in [1.165, 1.54) is 4.90 Å². The number of rotatable bonds is 6. The number of ether oxygens (including phenoxy) is 1. The average Bonchev–Trinajstić information content (AvgIpc) is 3.13. The van der Waals surface area contributed by atoms with Gasteiger partial charge in [0.2, 0.25) is 5.91 Å². The van der Waals surface area contributed by atoms with Crippen LogP contribution in [0.25, 0.3) is 11.0 Å². The second kappa shape index (κ2) is 6.79. The van der Waals surface area contributed by atoms with Crippen molar-refractivity contribution >= 4 is 16.9 Å². The van der Waals surface area contributed by atoms with Gasteiger partial charge in [0.25, 0.3) is 0 Å². The molecule has 2 aromatic heterocycles. The molecule has 0 aliphatic rings. The number of imidazole rings is 1. The molecule has 3 rings (SSSR count). The van der Waals surface area contributed by atoms with Gasteiger partial charge in [-0.25, -0.2) is 9.61 Å². The number of benzene rings is 1. The number of aromatic nitrogens is 4. The first-order chi connectivity index (χ1) is 11.5. The zero-order valence-corrected chi connectivity index (χ0v) is 13.9. The van der Waals surface area contributed by atoms with Crippen LogP contribution in [0, 0.1) is 13.8 Å². The van der Waals surface area contributed by atoms with Crippen LogP contribution in [0.4, 0.5) is 0 Å². The Morgan fingerprint density at radius 1 is 1.33 bits per heavy atom. The van der Waals surface area contributed by atoms with E-state index in [0.29, 0.717) is 23.8 Å². The number of nitrogens with one attached hydrogen (secondary N) is 1. The van der Waals surface area contributed by atoms with Crippen molar-refractivity contribution in [3.63, 3.8) is 0 Å². The molecule has 0 radical (unpaired) electrons. The Balaban J connectivity index is 1.51. The maximum absolute atomic E-state index is 12.1. The van der Waals surface area contributed by atoms with Gasteiger partial charge in [0, 0.05) is 7.05 Å². The maximum Gasteiger partial charge on any atom is 0.248 e. The predicted octanol–water partition coefficient (Wildman–Crippen LogP) is 1.74. The van der Waals surface area contributed by atoms with E-state index in [-0.39, 0.29) is 19.1 Å². The lowest BCUT2D eigenvalue weighted by atomic mass is 10.2. The number of nitrogens with zero attached hydrogens (tertiary/aromatic N) is 4. The quantitative estimate of drug-likeness (QED) is 0.740. The van der Waals surface area contributed by atoms with Gasteiger partial charge in [-0.05, 0) is 31.5 Å². The van der Waals surface area contributed by atoms with Crippen LogP contribution in [-0.2, 0) is 22.7 Å². The molecular weight excluding hydrogens is 310 g/mol. The summed E-state index contributed by atoms with van der Waals surface area (Å²) in [5.74, 6) is 0.548. The zero-order chi connectivity index (χ0) is 17.1. The number of hydrogen-bond donors (Lipinski definition) is 1. The van der Waals surface area contributed by atoms with Crippen LogP contribution in [0.15, 0.2) is 22.8 Å². The first kappa shape index (κ1) is 16.1. The average molecular weight is 329 g/mol. The number of aromatic amines is 1. The van der Waals surface area contributed by atoms with Gasteiger partial charge in [0.15, 0.2) is 0 Å². The molecule has 0 aliphatic carbocycles. The molecule has 1 N–H and O–H groups in total. The van der Waals surface area contributed by atoms with Crippen molar-refractivity contribution in [2.45, 2.75) is 27.0 Å². The fourth-order valence-corrected chi connectivity index (χ4v) is 2.30. The summed E-state index contributed by atoms with van der Waals surface area (Å²) in [6.07, 6.45) is 0. The first-order valence-electron chi connectivity index (χ1n) is 7.58. The van der Waals surface area contributed by atoms with Crippen LogP contribution in [-0.4, -0.2) is 44.7 Å². The smallest absolute Gasteiger partial charge is 0.248 e. The number of carbonyl (C=O) groups excluding carboxylic acids is 1. The lowest BCUT2D eigenvalue weighted by molar-refractivity contribution is -0.135. The van der Waals surface area contributed by atoms with E-state index in [1.807, 2.05) is 25.1 Å². The SMILES string of the molecule is Cc1ccc2nc(COCC(=O)N(C)Cc3nonc3C)[nH]c2c1. The molecule has 0 atom stereocenters. The van der Waals surface area contributed by atoms with Crippen molar-refractivity contribution in [2.75, 3.05) is 13.7 Å². The number of carbonyl (C=O) groups is 1. The maximum atomic E-state index is 12.1. The minimum absolute atomic E-state index is 0.0309. The van der Waals surface area contributed by atoms with Crippen molar-refractivity contribution in [3.05, 3.63) is 41.0 Å². The highest BCUT2D eigenvalue weighted by Gasteiger charge is 2.14. The Labute approximate surface area is 138 Å². The summed E-state index contributed by atoms with van der Waals surface area (Å²) in [5.41, 5.74) is 4.32. The molecule has 0 saturated heterocycles. The van der Waals surface area contributed by atoms with Gasteiger partial charge in [0.1, 0.15) is 30.4 Å². The lowest BCUT2D eigenvalue weighted by Gasteiger charge is -2.15. The van der Waals surface area contributed by atoms with Gasteiger partial charge >= 0.3 is 0 Å². The van der Waals surface area contributed by atoms with E-state index in [1.54, 1.807) is 14.0 Å². The van der Waals surface area contributed by atoms with Gasteiger partial charge in [0.05, 0.1) is 17.6 Å². The molecule has 0 bridgehead atoms. The molecular formula is C16H19N5O3. The standard InChI is InChI=1S/C16H19N5O3/c1-10-4-5-12-13(6-10)18-15(17-12)8-23-9-16(22)21(3)7-14-11(2)19-24-20-14/h4-6H,7-9H2,1-3H3,(H,17,18). The van der Waals surface area contributed by atoms with E-state index in [4.69, 9.17) is 4.74 Å². The second-order valence-electron chi connectivity index (χ2n) is 5.74. The molecule has 8 nitrogen and oxygen atoms in total. The number of likely N-dealkylation sites (N-methyl/N-ethyl adjacent to an activating group) is 1. The first-order valence-corrected chi connectivity index (χ1v) is 7.58. The van der Waals surface area contributed by atoms with E-state index < -0.39 is 0 Å². The number of amides is 1. The van der Waals surface area contributed by atoms with Crippen molar-refractivity contribution in [2.24, 2.45) is 0 Å². The molecule has 2 heterocycles. The van der Waals surface area contributed by atoms with Crippen molar-refractivity contribution < 1.29 is 14.2 Å². The third kappa shape index (κ3) is 3.60. The van der Waals surface area contributed by atoms with Crippen LogP contribution >= 0.6 is 0 Å². The van der Waals surface area contributed by atoms with E-state index in [9.17, 15) is 4.79 Å². The van der Waals surface area contributed by atoms with Crippen LogP contribution in [0.5, 0.6) is 0 Å². The predicted molar refractivity (Wildman–Crippen MR) is 86.0 cm³/mol. The number of hydrogen-bond acceptors (Lipinski definition) is 6. The van der Waals surface area contributed by atoms with E-state index in [0.717, 1.165) is 16.6 Å². The third-order valence-corrected chi connectivity index (χ3v) is 3.71. The van der Waals surface area contributed by atoms with Gasteiger partial charge in [-0.15, -0.1) is 0 Å². The molecule has 0 aliphatic heterocycles. The summed E-state index contributed by atoms with van der Waals surface area (Å²) in [6, 6.07) is 5.99. The fourth-order valence-electron chi connectivity index (χ4n) is 2.30. The Bertz CT molecular complexity index is 854. The van der Waals surface area contributed by atoms with Gasteiger partial charge in [-0.1, -0.05) is 16.4 Å². The Morgan fingerprint density at radius 2 is 2.17 bits per heavy atom. The summed E-state index contributed by atoms with van der Waals surface area (Å²) in [5, 5.41) is 7.45. The molecule has 24 heavy (non-hydrogen) atoms. The summed E-state index contributed by atoms with van der Waals surface area (Å²) < 4.78 is 10.1. The highest BCUT2D eigenvalue weighted by Crippen LogP contribution is 2.13. The minimum Gasteiger partial charge on any atom is -0.364 e. The van der Waals surface area contributed by atoms with Gasteiger partial charge in [-0.3, -0.25) is 4.79 Å². The Kier molecular flexibility index (Phi) is 4.57. The van der Waals surface area contributed by atoms with Crippen LogP contribution in [0.3, 0.4) is 0 Å². The molecule has 0 fully saturated rings. The summed E-state index contributed by atoms with van der Waals surface area (Å²) >= 11 is 0. The summed E-state index contributed by atoms with van der Waals surface area (Å²) in [4.78, 5) is 21.2. The van der Waals surface area contributed by atoms with E-state index in [2.05, 4.69) is 24.9 Å². The van der Waals surface area contributed by atoms with Crippen LogP contribution < -0.4 is 0 Å². The van der Waals surface area contributed by atoms with Crippen LogP contribution in [0.1, 0.15) is 22.8 Å². The molecule has 3 aromatic rings. The second-order valence-corrected chi connectivity index (χ2v) is 5.74. The molecule has 1 amide bonds. The number of aryl methyl sites for hydroxylation is 2. The lowest BCUT2D eigenvalue weighted by Crippen LogP contribution is -2.30. The molecule has 0 unspecified atom stereocenters. The zero-order valence-electron chi connectivity index (χ0n) is 13.9. The molecule has 8 heteroatoms. The number of fused-ring (bicyclic) bond motifs is 1. The third-order valence-electron chi connectivity index (χ3n) is 3.71. The van der Waals surface area contributed by atoms with Crippen molar-refractivity contribution in [1.29, 1.82) is 0 Å². The monoisotopic (exact) mass is 329 g/mol. The summed E-state index contributed by atoms with van der Waals surface area (Å²) in [7, 11) is 1.68. The summed E-state index contributed by atoms with van der Waals surface area (Å²) in [6.45, 7) is 4.36. The minimum atomic E-state index is -0.149. The number of H-pyrrole nitrogens is 1. The highest BCUT2D eigenvalue weighted by molar-refractivity contribution is 5.77. The fraction of sp³-hybridized carbons (Fsp3) is 0.375. The normalized spacial score (nSPS) is 11.1. The highest BCUT2D eigenvalue weighted by atomic mass is 16.6. The Morgan fingerprint density at radius 3 is 2.92 bits per heavy atom. The topological polar surface area (TPSA) is 97.1 Å². The van der Waals surface area contributed by atoms with E-state index >= 15 is 0 Å². The van der Waals surface area contributed by atoms with Crippen LogP contribution in [0.2, 0.25) is 0 Å². The molecule has 1 aromatic carbocycles. The van der Waals surface area contributed by atoms with Gasteiger partial charge in [-0.2, -0.15) is 0 Å². The van der Waals surface area contributed by atoms with Crippen molar-refractivity contribution in [3.8, 4) is 0 Å². The molecule has 0 spiro atoms. The van der Waals surface area contributed by atoms with Gasteiger partial charge < -0.3 is 14.6 Å². The molecule has 126 valence electrons. The molecule has 0 saturated carbocycles.